The fourth-order valence-electron chi connectivity index (χ4n) is 1.68. The molecule has 0 spiro atoms. The summed E-state index contributed by atoms with van der Waals surface area (Å²) in [6.07, 6.45) is 1.32. The number of hydrogen-bond donors (Lipinski definition) is 0. The van der Waals surface area contributed by atoms with Crippen molar-refractivity contribution in [2.24, 2.45) is 0 Å². The molecule has 2 nitrogen and oxygen atoms in total. The number of rotatable bonds is 6. The quantitative estimate of drug-likeness (QED) is 0.729. The molecule has 18 heavy (non-hydrogen) atoms. The maximum atomic E-state index is 13.5. The predicted octanol–water partition coefficient (Wildman–Crippen LogP) is 3.38. The highest BCUT2D eigenvalue weighted by molar-refractivity contribution is 5.77. The molecular formula is C14H18F2O2. The Balaban J connectivity index is 2.68. The number of esters is 1. The average molecular weight is 256 g/mol. The second-order valence-corrected chi connectivity index (χ2v) is 4.17. The van der Waals surface area contributed by atoms with Crippen molar-refractivity contribution >= 4 is 5.97 Å². The van der Waals surface area contributed by atoms with Gasteiger partial charge in [-0.3, -0.25) is 0 Å². The van der Waals surface area contributed by atoms with Crippen molar-refractivity contribution in [2.45, 2.75) is 39.0 Å². The Labute approximate surface area is 106 Å². The van der Waals surface area contributed by atoms with E-state index in [1.165, 1.54) is 6.92 Å². The third-order valence-corrected chi connectivity index (χ3v) is 2.56. The first kappa shape index (κ1) is 14.6. The largest absolute Gasteiger partial charge is 0.462 e. The summed E-state index contributed by atoms with van der Waals surface area (Å²) in [5, 5.41) is 0. The van der Waals surface area contributed by atoms with Gasteiger partial charge in [-0.25, -0.2) is 4.79 Å². The van der Waals surface area contributed by atoms with Gasteiger partial charge in [-0.1, -0.05) is 37.6 Å². The molecule has 0 atom stereocenters. The zero-order valence-electron chi connectivity index (χ0n) is 10.7. The van der Waals surface area contributed by atoms with Gasteiger partial charge in [0, 0.05) is 6.42 Å². The van der Waals surface area contributed by atoms with Gasteiger partial charge < -0.3 is 4.74 Å². The summed E-state index contributed by atoms with van der Waals surface area (Å²) in [6, 6.07) is 6.91. The molecule has 0 amide bonds. The molecule has 0 fully saturated rings. The van der Waals surface area contributed by atoms with Crippen LogP contribution in [0.4, 0.5) is 8.78 Å². The molecule has 1 rings (SSSR count). The number of ether oxygens (including phenoxy) is 1. The Bertz CT molecular complexity index is 385. The number of carbonyl (C=O) groups excluding carboxylic acids is 1. The molecular weight excluding hydrogens is 238 g/mol. The number of hydrogen-bond acceptors (Lipinski definition) is 2. The topological polar surface area (TPSA) is 26.3 Å². The van der Waals surface area contributed by atoms with E-state index >= 15 is 0 Å². The SMILES string of the molecule is CCCc1ccc(CC(F)(F)C(=O)OCC)cc1. The zero-order valence-corrected chi connectivity index (χ0v) is 10.7. The standard InChI is InChI=1S/C14H18F2O2/c1-3-5-11-6-8-12(9-7-11)10-14(15,16)13(17)18-4-2/h6-9H,3-5,10H2,1-2H3. The van der Waals surface area contributed by atoms with Crippen LogP contribution >= 0.6 is 0 Å². The van der Waals surface area contributed by atoms with Crippen molar-refractivity contribution in [2.75, 3.05) is 6.61 Å². The Kier molecular flexibility index (Phi) is 5.25. The van der Waals surface area contributed by atoms with E-state index in [0.29, 0.717) is 5.56 Å². The van der Waals surface area contributed by atoms with E-state index in [1.807, 2.05) is 12.1 Å². The van der Waals surface area contributed by atoms with E-state index in [2.05, 4.69) is 11.7 Å². The molecule has 0 aliphatic carbocycles. The predicted molar refractivity (Wildman–Crippen MR) is 65.7 cm³/mol. The summed E-state index contributed by atoms with van der Waals surface area (Å²) >= 11 is 0. The second kappa shape index (κ2) is 6.47. The minimum absolute atomic E-state index is 0.0378. The van der Waals surface area contributed by atoms with E-state index in [4.69, 9.17) is 0 Å². The van der Waals surface area contributed by atoms with Crippen LogP contribution in [0.1, 0.15) is 31.4 Å². The molecule has 0 radical (unpaired) electrons. The second-order valence-electron chi connectivity index (χ2n) is 4.17. The number of aryl methyl sites for hydroxylation is 1. The molecule has 4 heteroatoms. The highest BCUT2D eigenvalue weighted by atomic mass is 19.3. The normalized spacial score (nSPS) is 11.3. The molecule has 1 aromatic carbocycles. The van der Waals surface area contributed by atoms with Crippen molar-refractivity contribution < 1.29 is 18.3 Å². The molecule has 0 N–H and O–H groups in total. The summed E-state index contributed by atoms with van der Waals surface area (Å²) < 4.78 is 31.3. The van der Waals surface area contributed by atoms with Crippen LogP contribution in [-0.2, 0) is 22.4 Å². The van der Waals surface area contributed by atoms with Gasteiger partial charge in [0.25, 0.3) is 0 Å². The van der Waals surface area contributed by atoms with Crippen LogP contribution in [0, 0.1) is 0 Å². The van der Waals surface area contributed by atoms with Crippen molar-refractivity contribution in [1.29, 1.82) is 0 Å². The Morgan fingerprint density at radius 1 is 1.17 bits per heavy atom. The number of carbonyl (C=O) groups is 1. The van der Waals surface area contributed by atoms with Crippen LogP contribution in [0.5, 0.6) is 0 Å². The molecule has 0 heterocycles. The van der Waals surface area contributed by atoms with E-state index in [-0.39, 0.29) is 6.61 Å². The first-order chi connectivity index (χ1) is 8.49. The maximum absolute atomic E-state index is 13.5. The van der Waals surface area contributed by atoms with Gasteiger partial charge in [-0.2, -0.15) is 8.78 Å². The number of benzene rings is 1. The van der Waals surface area contributed by atoms with Gasteiger partial charge in [0.1, 0.15) is 0 Å². The molecule has 100 valence electrons. The third kappa shape index (κ3) is 4.09. The molecule has 0 bridgehead atoms. The Morgan fingerprint density at radius 3 is 2.22 bits per heavy atom. The van der Waals surface area contributed by atoms with E-state index in [1.54, 1.807) is 12.1 Å². The summed E-state index contributed by atoms with van der Waals surface area (Å²) in [5.74, 6) is -4.91. The lowest BCUT2D eigenvalue weighted by molar-refractivity contribution is -0.171. The smallest absolute Gasteiger partial charge is 0.377 e. The van der Waals surface area contributed by atoms with Gasteiger partial charge in [-0.05, 0) is 24.5 Å². The lowest BCUT2D eigenvalue weighted by Crippen LogP contribution is -2.33. The van der Waals surface area contributed by atoms with Gasteiger partial charge in [0.15, 0.2) is 0 Å². The van der Waals surface area contributed by atoms with Crippen LogP contribution in [0.25, 0.3) is 0 Å². The first-order valence-corrected chi connectivity index (χ1v) is 6.12. The molecule has 0 aromatic heterocycles. The van der Waals surface area contributed by atoms with Crippen molar-refractivity contribution in [3.8, 4) is 0 Å². The maximum Gasteiger partial charge on any atom is 0.377 e. The highest BCUT2D eigenvalue weighted by Gasteiger charge is 2.40. The Hall–Kier alpha value is -1.45. The summed E-state index contributed by atoms with van der Waals surface area (Å²) in [4.78, 5) is 11.1. The zero-order chi connectivity index (χ0) is 13.6. The highest BCUT2D eigenvalue weighted by Crippen LogP contribution is 2.22. The van der Waals surface area contributed by atoms with E-state index in [0.717, 1.165) is 18.4 Å². The monoisotopic (exact) mass is 256 g/mol. The van der Waals surface area contributed by atoms with Crippen LogP contribution in [0.2, 0.25) is 0 Å². The lowest BCUT2D eigenvalue weighted by atomic mass is 10.0. The number of alkyl halides is 2. The van der Waals surface area contributed by atoms with Crippen molar-refractivity contribution in [3.05, 3.63) is 35.4 Å². The van der Waals surface area contributed by atoms with Crippen LogP contribution in [0.3, 0.4) is 0 Å². The fourth-order valence-corrected chi connectivity index (χ4v) is 1.68. The third-order valence-electron chi connectivity index (χ3n) is 2.56. The number of halogens is 2. The lowest BCUT2D eigenvalue weighted by Gasteiger charge is -2.14. The van der Waals surface area contributed by atoms with Crippen molar-refractivity contribution in [1.82, 2.24) is 0 Å². The summed E-state index contributed by atoms with van der Waals surface area (Å²) in [5.41, 5.74) is 1.55. The van der Waals surface area contributed by atoms with E-state index in [9.17, 15) is 13.6 Å². The van der Waals surface area contributed by atoms with E-state index < -0.39 is 18.3 Å². The molecule has 0 saturated carbocycles. The fraction of sp³-hybridized carbons (Fsp3) is 0.500. The minimum Gasteiger partial charge on any atom is -0.462 e. The summed E-state index contributed by atoms with van der Waals surface area (Å²) in [6.45, 7) is 3.53. The molecule has 0 aliphatic rings. The van der Waals surface area contributed by atoms with Crippen molar-refractivity contribution in [3.63, 3.8) is 0 Å². The molecule has 0 unspecified atom stereocenters. The molecule has 0 aliphatic heterocycles. The van der Waals surface area contributed by atoms with Gasteiger partial charge >= 0.3 is 11.9 Å². The van der Waals surface area contributed by atoms with Gasteiger partial charge in [-0.15, -0.1) is 0 Å². The Morgan fingerprint density at radius 2 is 1.72 bits per heavy atom. The molecule has 0 saturated heterocycles. The minimum atomic E-state index is -3.46. The summed E-state index contributed by atoms with van der Waals surface area (Å²) in [7, 11) is 0. The molecule has 1 aromatic rings. The van der Waals surface area contributed by atoms with Crippen LogP contribution in [-0.4, -0.2) is 18.5 Å². The van der Waals surface area contributed by atoms with Crippen LogP contribution < -0.4 is 0 Å². The first-order valence-electron chi connectivity index (χ1n) is 6.12. The van der Waals surface area contributed by atoms with Crippen LogP contribution in [0.15, 0.2) is 24.3 Å². The van der Waals surface area contributed by atoms with Gasteiger partial charge in [0.2, 0.25) is 0 Å². The average Bonchev–Trinajstić information content (AvgIpc) is 2.32. The van der Waals surface area contributed by atoms with Gasteiger partial charge in [0.05, 0.1) is 6.61 Å².